The van der Waals surface area contributed by atoms with Crippen molar-refractivity contribution >= 4 is 23.3 Å². The Kier molecular flexibility index (Phi) is 5.88. The van der Waals surface area contributed by atoms with Crippen molar-refractivity contribution in [3.8, 4) is 0 Å². The Labute approximate surface area is 163 Å². The summed E-state index contributed by atoms with van der Waals surface area (Å²) >= 11 is 0. The summed E-state index contributed by atoms with van der Waals surface area (Å²) in [5.41, 5.74) is 1.92. The molecule has 3 aromatic rings. The Morgan fingerprint density at radius 2 is 1.89 bits per heavy atom. The highest BCUT2D eigenvalue weighted by Gasteiger charge is 2.15. The van der Waals surface area contributed by atoms with Gasteiger partial charge in [0.15, 0.2) is 5.69 Å². The first-order valence-corrected chi connectivity index (χ1v) is 9.15. The summed E-state index contributed by atoms with van der Waals surface area (Å²) < 4.78 is 3.24. The topological polar surface area (TPSA) is 93.8 Å². The summed E-state index contributed by atoms with van der Waals surface area (Å²) in [7, 11) is 1.68. The van der Waals surface area contributed by atoms with E-state index >= 15 is 0 Å². The molecule has 0 aliphatic rings. The summed E-state index contributed by atoms with van der Waals surface area (Å²) in [6.07, 6.45) is 4.35. The summed E-state index contributed by atoms with van der Waals surface area (Å²) in [6, 6.07) is 11.6. The first-order chi connectivity index (χ1) is 13.4. The quantitative estimate of drug-likeness (QED) is 0.659. The van der Waals surface area contributed by atoms with Gasteiger partial charge in [0.25, 0.3) is 5.91 Å². The molecule has 0 aliphatic carbocycles. The largest absolute Gasteiger partial charge is 0.318 e. The van der Waals surface area contributed by atoms with Gasteiger partial charge in [-0.15, -0.1) is 0 Å². The van der Waals surface area contributed by atoms with E-state index in [2.05, 4.69) is 20.8 Å². The van der Waals surface area contributed by atoms with Crippen molar-refractivity contribution in [2.24, 2.45) is 7.05 Å². The number of amides is 2. The Morgan fingerprint density at radius 1 is 1.14 bits per heavy atom. The first kappa shape index (κ1) is 19.3. The molecule has 2 N–H and O–H groups in total. The molecule has 8 heteroatoms. The van der Waals surface area contributed by atoms with E-state index in [4.69, 9.17) is 0 Å². The van der Waals surface area contributed by atoms with E-state index in [0.717, 1.165) is 5.56 Å². The van der Waals surface area contributed by atoms with Gasteiger partial charge in [-0.1, -0.05) is 30.3 Å². The lowest BCUT2D eigenvalue weighted by Crippen LogP contribution is -2.14. The molecule has 0 unspecified atom stereocenters. The zero-order chi connectivity index (χ0) is 20.1. The molecule has 0 aliphatic heterocycles. The minimum Gasteiger partial charge on any atom is -0.318 e. The smallest absolute Gasteiger partial charge is 0.276 e. The van der Waals surface area contributed by atoms with Crippen molar-refractivity contribution in [1.29, 1.82) is 0 Å². The lowest BCUT2D eigenvalue weighted by Gasteiger charge is -2.05. The lowest BCUT2D eigenvalue weighted by atomic mass is 10.1. The summed E-state index contributed by atoms with van der Waals surface area (Å²) in [5, 5.41) is 13.9. The SMILES string of the molecule is CC(C)n1cc(NC(=O)c2cc(NC(=O)CCc3ccccc3)n(C)n2)cn1. The molecule has 0 saturated heterocycles. The Bertz CT molecular complexity index is 958. The van der Waals surface area contributed by atoms with E-state index in [1.807, 2.05) is 44.2 Å². The molecule has 2 aromatic heterocycles. The molecule has 0 radical (unpaired) electrons. The van der Waals surface area contributed by atoms with Crippen molar-refractivity contribution in [1.82, 2.24) is 19.6 Å². The van der Waals surface area contributed by atoms with Crippen LogP contribution >= 0.6 is 0 Å². The van der Waals surface area contributed by atoms with Crippen LogP contribution < -0.4 is 10.6 Å². The van der Waals surface area contributed by atoms with Gasteiger partial charge >= 0.3 is 0 Å². The zero-order valence-corrected chi connectivity index (χ0v) is 16.2. The number of carbonyl (C=O) groups excluding carboxylic acids is 2. The van der Waals surface area contributed by atoms with Gasteiger partial charge in [-0.05, 0) is 25.8 Å². The minimum atomic E-state index is -0.358. The predicted molar refractivity (Wildman–Crippen MR) is 107 cm³/mol. The molecule has 28 heavy (non-hydrogen) atoms. The molecule has 0 atom stereocenters. The Balaban J connectivity index is 1.58. The molecule has 1 aromatic carbocycles. The average molecular weight is 380 g/mol. The monoisotopic (exact) mass is 380 g/mol. The molecule has 8 nitrogen and oxygen atoms in total. The third kappa shape index (κ3) is 4.85. The standard InChI is InChI=1S/C20H24N6O2/c1-14(2)26-13-16(12-21-26)22-20(28)17-11-18(25(3)24-17)23-19(27)10-9-15-7-5-4-6-8-15/h4-8,11-14H,9-10H2,1-3H3,(H,22,28)(H,23,27). The summed E-state index contributed by atoms with van der Waals surface area (Å²) in [5.74, 6) is -0.0122. The fraction of sp³-hybridized carbons (Fsp3) is 0.300. The number of nitrogens with zero attached hydrogens (tertiary/aromatic N) is 4. The highest BCUT2D eigenvalue weighted by molar-refractivity contribution is 6.03. The zero-order valence-electron chi connectivity index (χ0n) is 16.2. The predicted octanol–water partition coefficient (Wildman–Crippen LogP) is 3.02. The second-order valence-corrected chi connectivity index (χ2v) is 6.83. The molecule has 2 amide bonds. The average Bonchev–Trinajstić information content (AvgIpc) is 3.28. The molecular weight excluding hydrogens is 356 g/mol. The van der Waals surface area contributed by atoms with Crippen LogP contribution in [-0.2, 0) is 18.3 Å². The molecule has 0 bridgehead atoms. The van der Waals surface area contributed by atoms with Gasteiger partial charge in [-0.25, -0.2) is 0 Å². The van der Waals surface area contributed by atoms with Gasteiger partial charge in [-0.2, -0.15) is 10.2 Å². The van der Waals surface area contributed by atoms with Gasteiger partial charge < -0.3 is 10.6 Å². The maximum atomic E-state index is 12.4. The molecule has 0 saturated carbocycles. The summed E-state index contributed by atoms with van der Waals surface area (Å²) in [6.45, 7) is 4.01. The number of carbonyl (C=O) groups is 2. The van der Waals surface area contributed by atoms with Crippen LogP contribution in [0.4, 0.5) is 11.5 Å². The third-order valence-corrected chi connectivity index (χ3v) is 4.25. The number of nitrogens with one attached hydrogen (secondary N) is 2. The van der Waals surface area contributed by atoms with Crippen LogP contribution in [0.1, 0.15) is 42.4 Å². The van der Waals surface area contributed by atoms with Crippen LogP contribution in [0.15, 0.2) is 48.8 Å². The number of aryl methyl sites for hydroxylation is 2. The van der Waals surface area contributed by atoms with Crippen molar-refractivity contribution in [2.45, 2.75) is 32.7 Å². The van der Waals surface area contributed by atoms with Gasteiger partial charge in [0, 0.05) is 31.8 Å². The van der Waals surface area contributed by atoms with Crippen molar-refractivity contribution in [3.63, 3.8) is 0 Å². The maximum Gasteiger partial charge on any atom is 0.276 e. The third-order valence-electron chi connectivity index (χ3n) is 4.25. The van der Waals surface area contributed by atoms with E-state index in [-0.39, 0.29) is 23.6 Å². The number of rotatable bonds is 7. The van der Waals surface area contributed by atoms with Crippen LogP contribution in [0.5, 0.6) is 0 Å². The van der Waals surface area contributed by atoms with E-state index in [0.29, 0.717) is 24.3 Å². The molecule has 3 rings (SSSR count). The molecular formula is C20H24N6O2. The first-order valence-electron chi connectivity index (χ1n) is 9.15. The van der Waals surface area contributed by atoms with Crippen LogP contribution in [0.3, 0.4) is 0 Å². The number of aromatic nitrogens is 4. The highest BCUT2D eigenvalue weighted by atomic mass is 16.2. The fourth-order valence-corrected chi connectivity index (χ4v) is 2.68. The lowest BCUT2D eigenvalue weighted by molar-refractivity contribution is -0.116. The van der Waals surface area contributed by atoms with Crippen LogP contribution in [-0.4, -0.2) is 31.4 Å². The second kappa shape index (κ2) is 8.51. The molecule has 0 fully saturated rings. The summed E-state index contributed by atoms with van der Waals surface area (Å²) in [4.78, 5) is 24.6. The van der Waals surface area contributed by atoms with Crippen molar-refractivity contribution in [2.75, 3.05) is 10.6 Å². The molecule has 0 spiro atoms. The van der Waals surface area contributed by atoms with Gasteiger partial charge in [-0.3, -0.25) is 19.0 Å². The number of hydrogen-bond acceptors (Lipinski definition) is 4. The highest BCUT2D eigenvalue weighted by Crippen LogP contribution is 2.14. The van der Waals surface area contributed by atoms with Crippen LogP contribution in [0.25, 0.3) is 0 Å². The van der Waals surface area contributed by atoms with E-state index < -0.39 is 0 Å². The van der Waals surface area contributed by atoms with Crippen molar-refractivity contribution in [3.05, 3.63) is 60.0 Å². The Morgan fingerprint density at radius 3 is 2.57 bits per heavy atom. The number of anilines is 2. The second-order valence-electron chi connectivity index (χ2n) is 6.83. The van der Waals surface area contributed by atoms with E-state index in [9.17, 15) is 9.59 Å². The van der Waals surface area contributed by atoms with Gasteiger partial charge in [0.1, 0.15) is 5.82 Å². The van der Waals surface area contributed by atoms with Crippen LogP contribution in [0.2, 0.25) is 0 Å². The Hall–Kier alpha value is -3.42. The molecule has 146 valence electrons. The van der Waals surface area contributed by atoms with Gasteiger partial charge in [0.05, 0.1) is 11.9 Å². The van der Waals surface area contributed by atoms with E-state index in [1.165, 1.54) is 4.68 Å². The van der Waals surface area contributed by atoms with E-state index in [1.54, 1.807) is 30.2 Å². The number of hydrogen-bond donors (Lipinski definition) is 2. The normalized spacial score (nSPS) is 10.9. The minimum absolute atomic E-state index is 0.128. The molecule has 2 heterocycles. The van der Waals surface area contributed by atoms with Crippen LogP contribution in [0, 0.1) is 0 Å². The fourth-order valence-electron chi connectivity index (χ4n) is 2.68. The van der Waals surface area contributed by atoms with Crippen molar-refractivity contribution < 1.29 is 9.59 Å². The number of benzene rings is 1. The van der Waals surface area contributed by atoms with Gasteiger partial charge in [0.2, 0.25) is 5.91 Å². The maximum absolute atomic E-state index is 12.4.